The van der Waals surface area contributed by atoms with Crippen LogP contribution in [-0.4, -0.2) is 4.57 Å². The van der Waals surface area contributed by atoms with Gasteiger partial charge in [0.25, 0.3) is 0 Å². The first-order chi connectivity index (χ1) is 6.33. The number of benzene rings is 1. The van der Waals surface area contributed by atoms with E-state index < -0.39 is 0 Å². The van der Waals surface area contributed by atoms with E-state index in [9.17, 15) is 0 Å². The molecule has 1 heterocycles. The highest BCUT2D eigenvalue weighted by Gasteiger charge is 2.01. The maximum absolute atomic E-state index is 3.54. The van der Waals surface area contributed by atoms with Crippen molar-refractivity contribution < 1.29 is 0 Å². The maximum atomic E-state index is 3.54. The lowest BCUT2D eigenvalue weighted by molar-refractivity contribution is 1.22. The Balaban J connectivity index is 2.78. The van der Waals surface area contributed by atoms with Gasteiger partial charge in [0, 0.05) is 22.3 Å². The summed E-state index contributed by atoms with van der Waals surface area (Å²) in [5, 5.41) is 1.26. The van der Waals surface area contributed by atoms with Gasteiger partial charge >= 0.3 is 0 Å². The second kappa shape index (κ2) is 3.38. The summed E-state index contributed by atoms with van der Waals surface area (Å²) in [5.74, 6) is 0. The van der Waals surface area contributed by atoms with E-state index in [1.165, 1.54) is 10.9 Å². The van der Waals surface area contributed by atoms with E-state index in [2.05, 4.69) is 44.9 Å². The van der Waals surface area contributed by atoms with Crippen molar-refractivity contribution in [3.63, 3.8) is 0 Å². The van der Waals surface area contributed by atoms with Crippen molar-refractivity contribution in [3.8, 4) is 0 Å². The van der Waals surface area contributed by atoms with E-state index in [-0.39, 0.29) is 0 Å². The minimum Gasteiger partial charge on any atom is -0.323 e. The van der Waals surface area contributed by atoms with Gasteiger partial charge in [-0.25, -0.2) is 0 Å². The Bertz CT molecular complexity index is 454. The van der Waals surface area contributed by atoms with Gasteiger partial charge in [-0.2, -0.15) is 0 Å². The van der Waals surface area contributed by atoms with E-state index in [0.29, 0.717) is 0 Å². The fraction of sp³-hybridized carbons (Fsp3) is 0.0909. The highest BCUT2D eigenvalue weighted by Crippen LogP contribution is 2.24. The topological polar surface area (TPSA) is 4.93 Å². The largest absolute Gasteiger partial charge is 0.323 e. The zero-order valence-electron chi connectivity index (χ0n) is 7.37. The van der Waals surface area contributed by atoms with Crippen LogP contribution < -0.4 is 0 Å². The van der Waals surface area contributed by atoms with Crippen LogP contribution in [0.4, 0.5) is 0 Å². The first-order valence-corrected chi connectivity index (χ1v) is 5.00. The highest BCUT2D eigenvalue weighted by atomic mass is 79.9. The van der Waals surface area contributed by atoms with Crippen LogP contribution in [0.25, 0.3) is 17.1 Å². The Hall–Kier alpha value is -1.02. The van der Waals surface area contributed by atoms with Gasteiger partial charge < -0.3 is 4.57 Å². The van der Waals surface area contributed by atoms with Crippen molar-refractivity contribution in [2.45, 2.75) is 6.92 Å². The van der Waals surface area contributed by atoms with Crippen molar-refractivity contribution in [2.24, 2.45) is 0 Å². The maximum Gasteiger partial charge on any atom is 0.0665 e. The molecular weight excluding hydrogens is 226 g/mol. The standard InChI is InChI=1S/C11H10BrN/c1-2-7-13-8-6-9-4-3-5-10(12)11(9)13/h2-8H,1H3. The number of para-hydroxylation sites is 1. The molecule has 1 nitrogen and oxygen atoms in total. The summed E-state index contributed by atoms with van der Waals surface area (Å²) in [7, 11) is 0. The molecule has 0 radical (unpaired) electrons. The van der Waals surface area contributed by atoms with Gasteiger partial charge in [-0.05, 0) is 35.0 Å². The third kappa shape index (κ3) is 1.42. The summed E-state index contributed by atoms with van der Waals surface area (Å²) < 4.78 is 3.24. The second-order valence-corrected chi connectivity index (χ2v) is 3.74. The van der Waals surface area contributed by atoms with Gasteiger partial charge in [0.2, 0.25) is 0 Å². The average Bonchev–Trinajstić information content (AvgIpc) is 2.51. The summed E-state index contributed by atoms with van der Waals surface area (Å²) in [5.41, 5.74) is 1.22. The first kappa shape index (κ1) is 8.57. The Morgan fingerprint density at radius 2 is 2.15 bits per heavy atom. The average molecular weight is 236 g/mol. The van der Waals surface area contributed by atoms with Gasteiger partial charge in [0.05, 0.1) is 5.52 Å². The molecule has 0 spiro atoms. The molecular formula is C11H10BrN. The van der Waals surface area contributed by atoms with E-state index in [1.54, 1.807) is 0 Å². The molecule has 1 aromatic heterocycles. The normalized spacial score (nSPS) is 11.5. The number of allylic oxidation sites excluding steroid dienone is 1. The van der Waals surface area contributed by atoms with Crippen LogP contribution in [0.3, 0.4) is 0 Å². The monoisotopic (exact) mass is 235 g/mol. The summed E-state index contributed by atoms with van der Waals surface area (Å²) in [6.07, 6.45) is 6.14. The number of nitrogens with zero attached hydrogens (tertiary/aromatic N) is 1. The molecule has 2 aromatic rings. The number of rotatable bonds is 1. The van der Waals surface area contributed by atoms with Crippen molar-refractivity contribution in [1.82, 2.24) is 4.57 Å². The van der Waals surface area contributed by atoms with Crippen LogP contribution in [0.15, 0.2) is 41.0 Å². The third-order valence-corrected chi connectivity index (χ3v) is 2.64. The molecule has 0 aliphatic carbocycles. The number of aromatic nitrogens is 1. The van der Waals surface area contributed by atoms with Crippen LogP contribution in [0.2, 0.25) is 0 Å². The SMILES string of the molecule is CC=Cn1ccc2cccc(Br)c21. The number of halogens is 1. The molecule has 0 N–H and O–H groups in total. The molecule has 0 atom stereocenters. The lowest BCUT2D eigenvalue weighted by Crippen LogP contribution is -1.82. The molecule has 0 bridgehead atoms. The minimum atomic E-state index is 1.13. The predicted octanol–water partition coefficient (Wildman–Crippen LogP) is 3.89. The molecule has 0 saturated heterocycles. The fourth-order valence-corrected chi connectivity index (χ4v) is 2.05. The summed E-state index contributed by atoms with van der Waals surface area (Å²) >= 11 is 3.54. The van der Waals surface area contributed by atoms with Crippen molar-refractivity contribution in [2.75, 3.05) is 0 Å². The molecule has 2 heteroatoms. The van der Waals surface area contributed by atoms with E-state index in [4.69, 9.17) is 0 Å². The first-order valence-electron chi connectivity index (χ1n) is 4.21. The zero-order valence-corrected chi connectivity index (χ0v) is 8.95. The molecule has 0 unspecified atom stereocenters. The van der Waals surface area contributed by atoms with E-state index in [0.717, 1.165) is 4.47 Å². The molecule has 0 fully saturated rings. The Labute approximate surface area is 85.8 Å². The van der Waals surface area contributed by atoms with Crippen LogP contribution in [0, 0.1) is 0 Å². The van der Waals surface area contributed by atoms with Crippen molar-refractivity contribution >= 4 is 33.0 Å². The molecule has 13 heavy (non-hydrogen) atoms. The molecule has 0 amide bonds. The zero-order chi connectivity index (χ0) is 9.26. The summed E-state index contributed by atoms with van der Waals surface area (Å²) in [6, 6.07) is 8.33. The Morgan fingerprint density at radius 1 is 1.31 bits per heavy atom. The molecule has 0 aliphatic heterocycles. The lowest BCUT2D eigenvalue weighted by Gasteiger charge is -1.99. The van der Waals surface area contributed by atoms with E-state index in [1.807, 2.05) is 25.3 Å². The van der Waals surface area contributed by atoms with Crippen molar-refractivity contribution in [3.05, 3.63) is 41.0 Å². The molecule has 66 valence electrons. The number of fused-ring (bicyclic) bond motifs is 1. The fourth-order valence-electron chi connectivity index (χ4n) is 1.46. The Kier molecular flexibility index (Phi) is 2.23. The predicted molar refractivity (Wildman–Crippen MR) is 60.6 cm³/mol. The Morgan fingerprint density at radius 3 is 2.92 bits per heavy atom. The van der Waals surface area contributed by atoms with Gasteiger partial charge in [-0.3, -0.25) is 0 Å². The molecule has 0 saturated carbocycles. The highest BCUT2D eigenvalue weighted by molar-refractivity contribution is 9.10. The number of hydrogen-bond donors (Lipinski definition) is 0. The van der Waals surface area contributed by atoms with Gasteiger partial charge in [-0.15, -0.1) is 0 Å². The van der Waals surface area contributed by atoms with Crippen molar-refractivity contribution in [1.29, 1.82) is 0 Å². The van der Waals surface area contributed by atoms with Gasteiger partial charge in [0.15, 0.2) is 0 Å². The minimum absolute atomic E-state index is 1.13. The van der Waals surface area contributed by atoms with Gasteiger partial charge in [-0.1, -0.05) is 18.2 Å². The van der Waals surface area contributed by atoms with Crippen LogP contribution in [0.1, 0.15) is 6.92 Å². The summed E-state index contributed by atoms with van der Waals surface area (Å²) in [4.78, 5) is 0. The smallest absolute Gasteiger partial charge is 0.0665 e. The van der Waals surface area contributed by atoms with E-state index >= 15 is 0 Å². The molecule has 0 aliphatic rings. The molecule has 1 aromatic carbocycles. The quantitative estimate of drug-likeness (QED) is 0.707. The second-order valence-electron chi connectivity index (χ2n) is 2.88. The van der Waals surface area contributed by atoms with Crippen LogP contribution >= 0.6 is 15.9 Å². The third-order valence-electron chi connectivity index (χ3n) is 2.00. The van der Waals surface area contributed by atoms with Crippen LogP contribution in [0.5, 0.6) is 0 Å². The lowest BCUT2D eigenvalue weighted by atomic mass is 10.2. The molecule has 2 rings (SSSR count). The van der Waals surface area contributed by atoms with Crippen LogP contribution in [-0.2, 0) is 0 Å². The summed E-state index contributed by atoms with van der Waals surface area (Å²) in [6.45, 7) is 2.02. The number of hydrogen-bond acceptors (Lipinski definition) is 0. The van der Waals surface area contributed by atoms with Gasteiger partial charge in [0.1, 0.15) is 0 Å².